The fourth-order valence-corrected chi connectivity index (χ4v) is 2.00. The standard InChI is InChI=1S/C15H23NO2/c1-11-5-7-13(8-6-11)14(18)16-10-15(3,4)9-12(2)17/h5-8,12,17H,9-10H2,1-4H3,(H,16,18). The van der Waals surface area contributed by atoms with Gasteiger partial charge in [0.15, 0.2) is 0 Å². The maximum absolute atomic E-state index is 11.9. The first-order valence-corrected chi connectivity index (χ1v) is 6.33. The van der Waals surface area contributed by atoms with Crippen LogP contribution in [0.3, 0.4) is 0 Å². The molecule has 0 aromatic heterocycles. The Hall–Kier alpha value is -1.35. The number of carbonyl (C=O) groups is 1. The minimum absolute atomic E-state index is 0.0614. The first kappa shape index (κ1) is 14.7. The topological polar surface area (TPSA) is 49.3 Å². The van der Waals surface area contributed by atoms with E-state index >= 15 is 0 Å². The summed E-state index contributed by atoms with van der Waals surface area (Å²) in [6, 6.07) is 7.50. The van der Waals surface area contributed by atoms with Crippen LogP contribution >= 0.6 is 0 Å². The molecule has 18 heavy (non-hydrogen) atoms. The van der Waals surface area contributed by atoms with Crippen LogP contribution < -0.4 is 5.32 Å². The molecule has 0 heterocycles. The summed E-state index contributed by atoms with van der Waals surface area (Å²) in [5, 5.41) is 12.3. The number of amides is 1. The predicted molar refractivity (Wildman–Crippen MR) is 73.6 cm³/mol. The number of hydrogen-bond donors (Lipinski definition) is 2. The molecule has 1 aromatic carbocycles. The third kappa shape index (κ3) is 4.88. The molecule has 3 heteroatoms. The van der Waals surface area contributed by atoms with Crippen LogP contribution in [0.2, 0.25) is 0 Å². The highest BCUT2D eigenvalue weighted by atomic mass is 16.3. The van der Waals surface area contributed by atoms with Gasteiger partial charge >= 0.3 is 0 Å². The quantitative estimate of drug-likeness (QED) is 0.842. The summed E-state index contributed by atoms with van der Waals surface area (Å²) in [5.41, 5.74) is 1.71. The molecule has 0 aliphatic heterocycles. The van der Waals surface area contributed by atoms with E-state index < -0.39 is 0 Å². The van der Waals surface area contributed by atoms with Crippen molar-refractivity contribution in [3.63, 3.8) is 0 Å². The van der Waals surface area contributed by atoms with Crippen LogP contribution in [-0.4, -0.2) is 23.7 Å². The second kappa shape index (κ2) is 6.01. The van der Waals surface area contributed by atoms with Gasteiger partial charge in [-0.2, -0.15) is 0 Å². The van der Waals surface area contributed by atoms with Gasteiger partial charge in [0, 0.05) is 12.1 Å². The Morgan fingerprint density at radius 1 is 1.33 bits per heavy atom. The van der Waals surface area contributed by atoms with E-state index in [4.69, 9.17) is 0 Å². The van der Waals surface area contributed by atoms with E-state index in [9.17, 15) is 9.90 Å². The maximum Gasteiger partial charge on any atom is 0.251 e. The number of aliphatic hydroxyl groups excluding tert-OH is 1. The van der Waals surface area contributed by atoms with Gasteiger partial charge in [0.05, 0.1) is 6.10 Å². The lowest BCUT2D eigenvalue weighted by atomic mass is 9.87. The van der Waals surface area contributed by atoms with Crippen molar-refractivity contribution in [2.45, 2.75) is 40.2 Å². The van der Waals surface area contributed by atoms with Crippen LogP contribution in [0.5, 0.6) is 0 Å². The van der Waals surface area contributed by atoms with Crippen molar-refractivity contribution in [2.24, 2.45) is 5.41 Å². The average Bonchev–Trinajstić information content (AvgIpc) is 2.25. The Labute approximate surface area is 109 Å². The zero-order valence-corrected chi connectivity index (χ0v) is 11.7. The highest BCUT2D eigenvalue weighted by Gasteiger charge is 2.21. The second-order valence-corrected chi connectivity index (χ2v) is 5.77. The molecule has 0 bridgehead atoms. The van der Waals surface area contributed by atoms with Gasteiger partial charge in [-0.3, -0.25) is 4.79 Å². The maximum atomic E-state index is 11.9. The molecule has 1 rings (SSSR count). The molecule has 0 aliphatic carbocycles. The monoisotopic (exact) mass is 249 g/mol. The number of hydrogen-bond acceptors (Lipinski definition) is 2. The van der Waals surface area contributed by atoms with Crippen LogP contribution in [0.1, 0.15) is 43.1 Å². The van der Waals surface area contributed by atoms with Crippen molar-refractivity contribution >= 4 is 5.91 Å². The Balaban J connectivity index is 2.53. The summed E-state index contributed by atoms with van der Waals surface area (Å²) in [4.78, 5) is 11.9. The van der Waals surface area contributed by atoms with Crippen LogP contribution in [0.25, 0.3) is 0 Å². The van der Waals surface area contributed by atoms with Gasteiger partial charge in [0.25, 0.3) is 5.91 Å². The molecule has 0 saturated heterocycles. The molecule has 1 atom stereocenters. The van der Waals surface area contributed by atoms with Gasteiger partial charge < -0.3 is 10.4 Å². The normalized spacial score (nSPS) is 13.2. The second-order valence-electron chi connectivity index (χ2n) is 5.77. The Kier molecular flexibility index (Phi) is 4.91. The van der Waals surface area contributed by atoms with Crippen molar-refractivity contribution in [3.8, 4) is 0 Å². The number of aliphatic hydroxyl groups is 1. The molecule has 1 amide bonds. The SMILES string of the molecule is Cc1ccc(C(=O)NCC(C)(C)CC(C)O)cc1. The molecule has 0 saturated carbocycles. The van der Waals surface area contributed by atoms with E-state index in [2.05, 4.69) is 5.32 Å². The lowest BCUT2D eigenvalue weighted by Crippen LogP contribution is -2.35. The van der Waals surface area contributed by atoms with Gasteiger partial charge in [-0.25, -0.2) is 0 Å². The van der Waals surface area contributed by atoms with Gasteiger partial charge in [0.2, 0.25) is 0 Å². The van der Waals surface area contributed by atoms with E-state index in [1.807, 2.05) is 45.0 Å². The van der Waals surface area contributed by atoms with Crippen LogP contribution in [0.15, 0.2) is 24.3 Å². The summed E-state index contributed by atoms with van der Waals surface area (Å²) in [5.74, 6) is -0.0614. The number of rotatable bonds is 5. The minimum Gasteiger partial charge on any atom is -0.393 e. The third-order valence-electron chi connectivity index (χ3n) is 2.89. The number of carbonyl (C=O) groups excluding carboxylic acids is 1. The summed E-state index contributed by atoms with van der Waals surface area (Å²) in [7, 11) is 0. The molecule has 1 aromatic rings. The van der Waals surface area contributed by atoms with E-state index in [0.717, 1.165) is 5.56 Å². The first-order valence-electron chi connectivity index (χ1n) is 6.33. The molecule has 100 valence electrons. The van der Waals surface area contributed by atoms with Gasteiger partial charge in [-0.1, -0.05) is 31.5 Å². The smallest absolute Gasteiger partial charge is 0.251 e. The molecular formula is C15H23NO2. The van der Waals surface area contributed by atoms with Gasteiger partial charge in [0.1, 0.15) is 0 Å². The highest BCUT2D eigenvalue weighted by molar-refractivity contribution is 5.94. The third-order valence-corrected chi connectivity index (χ3v) is 2.89. The number of benzene rings is 1. The zero-order chi connectivity index (χ0) is 13.8. The summed E-state index contributed by atoms with van der Waals surface area (Å²) in [6.45, 7) is 8.39. The molecular weight excluding hydrogens is 226 g/mol. The van der Waals surface area contributed by atoms with Gasteiger partial charge in [-0.05, 0) is 37.8 Å². The van der Waals surface area contributed by atoms with Crippen molar-refractivity contribution in [3.05, 3.63) is 35.4 Å². The van der Waals surface area contributed by atoms with E-state index in [0.29, 0.717) is 18.5 Å². The van der Waals surface area contributed by atoms with Crippen LogP contribution in [0, 0.1) is 12.3 Å². The largest absolute Gasteiger partial charge is 0.393 e. The molecule has 0 aliphatic rings. The van der Waals surface area contributed by atoms with Crippen LogP contribution in [0.4, 0.5) is 0 Å². The fraction of sp³-hybridized carbons (Fsp3) is 0.533. The molecule has 0 radical (unpaired) electrons. The van der Waals surface area contributed by atoms with Gasteiger partial charge in [-0.15, -0.1) is 0 Å². The van der Waals surface area contributed by atoms with E-state index in [-0.39, 0.29) is 17.4 Å². The Morgan fingerprint density at radius 3 is 2.39 bits per heavy atom. The molecule has 2 N–H and O–H groups in total. The average molecular weight is 249 g/mol. The molecule has 0 fully saturated rings. The summed E-state index contributed by atoms with van der Waals surface area (Å²) < 4.78 is 0. The van der Waals surface area contributed by atoms with Crippen molar-refractivity contribution < 1.29 is 9.90 Å². The highest BCUT2D eigenvalue weighted by Crippen LogP contribution is 2.21. The summed E-state index contributed by atoms with van der Waals surface area (Å²) in [6.07, 6.45) is 0.317. The molecule has 0 spiro atoms. The summed E-state index contributed by atoms with van der Waals surface area (Å²) >= 11 is 0. The zero-order valence-electron chi connectivity index (χ0n) is 11.7. The van der Waals surface area contributed by atoms with Crippen molar-refractivity contribution in [1.29, 1.82) is 0 Å². The van der Waals surface area contributed by atoms with Crippen LogP contribution in [-0.2, 0) is 0 Å². The fourth-order valence-electron chi connectivity index (χ4n) is 2.00. The predicted octanol–water partition coefficient (Wildman–Crippen LogP) is 2.52. The lowest BCUT2D eigenvalue weighted by molar-refractivity contribution is 0.0902. The van der Waals surface area contributed by atoms with E-state index in [1.165, 1.54) is 0 Å². The first-order chi connectivity index (χ1) is 8.30. The Bertz CT molecular complexity index is 393. The lowest BCUT2D eigenvalue weighted by Gasteiger charge is -2.26. The van der Waals surface area contributed by atoms with Crippen molar-refractivity contribution in [1.82, 2.24) is 5.32 Å². The molecule has 3 nitrogen and oxygen atoms in total. The number of nitrogens with one attached hydrogen (secondary N) is 1. The van der Waals surface area contributed by atoms with Crippen molar-refractivity contribution in [2.75, 3.05) is 6.54 Å². The minimum atomic E-state index is -0.351. The Morgan fingerprint density at radius 2 is 1.89 bits per heavy atom. The number of aryl methyl sites for hydroxylation is 1. The molecule has 1 unspecified atom stereocenters. The van der Waals surface area contributed by atoms with E-state index in [1.54, 1.807) is 6.92 Å².